The van der Waals surface area contributed by atoms with Gasteiger partial charge >= 0.3 is 0 Å². The topological polar surface area (TPSA) is 86.8 Å². The highest BCUT2D eigenvalue weighted by molar-refractivity contribution is 7.92. The average molecular weight is 645 g/mol. The Morgan fingerprint density at radius 2 is 1.60 bits per heavy atom. The molecule has 1 N–H and O–H groups in total. The molecule has 0 saturated heterocycles. The molecular weight excluding hydrogens is 605 g/mol. The van der Waals surface area contributed by atoms with E-state index >= 15 is 0 Å². The van der Waals surface area contributed by atoms with Crippen molar-refractivity contribution in [2.45, 2.75) is 70.5 Å². The molecule has 43 heavy (non-hydrogen) atoms. The molecule has 3 aromatic carbocycles. The highest BCUT2D eigenvalue weighted by Crippen LogP contribution is 2.26. The lowest BCUT2D eigenvalue weighted by atomic mass is 9.94. The Kier molecular flexibility index (Phi) is 11.5. The second-order valence-corrected chi connectivity index (χ2v) is 13.8. The van der Waals surface area contributed by atoms with Gasteiger partial charge < -0.3 is 10.2 Å². The summed E-state index contributed by atoms with van der Waals surface area (Å²) in [7, 11) is -3.84. The fraction of sp³-hybridized carbons (Fsp3) is 0.394. The smallest absolute Gasteiger partial charge is 0.244 e. The zero-order valence-corrected chi connectivity index (χ0v) is 27.0. The van der Waals surface area contributed by atoms with Crippen LogP contribution in [0, 0.1) is 0 Å². The summed E-state index contributed by atoms with van der Waals surface area (Å²) in [6.07, 6.45) is 7.11. The third kappa shape index (κ3) is 9.21. The minimum absolute atomic E-state index is 0.00318. The van der Waals surface area contributed by atoms with Gasteiger partial charge in [0, 0.05) is 29.1 Å². The first kappa shape index (κ1) is 32.8. The number of benzene rings is 3. The highest BCUT2D eigenvalue weighted by atomic mass is 35.5. The molecule has 1 saturated carbocycles. The Balaban J connectivity index is 1.73. The maximum atomic E-state index is 14.3. The molecule has 0 radical (unpaired) electrons. The largest absolute Gasteiger partial charge is 0.352 e. The van der Waals surface area contributed by atoms with E-state index in [4.69, 9.17) is 23.2 Å². The molecule has 1 aliphatic rings. The van der Waals surface area contributed by atoms with E-state index in [0.29, 0.717) is 21.3 Å². The first-order chi connectivity index (χ1) is 20.5. The van der Waals surface area contributed by atoms with Gasteiger partial charge in [-0.1, -0.05) is 97.9 Å². The number of amides is 2. The third-order valence-electron chi connectivity index (χ3n) is 7.89. The van der Waals surface area contributed by atoms with Gasteiger partial charge in [0.2, 0.25) is 21.8 Å². The third-order valence-corrected chi connectivity index (χ3v) is 9.62. The van der Waals surface area contributed by atoms with Crippen LogP contribution >= 0.6 is 23.2 Å². The Morgan fingerprint density at radius 1 is 0.930 bits per heavy atom. The van der Waals surface area contributed by atoms with E-state index in [2.05, 4.69) is 5.32 Å². The molecule has 230 valence electrons. The minimum Gasteiger partial charge on any atom is -0.352 e. The number of anilines is 1. The lowest BCUT2D eigenvalue weighted by Gasteiger charge is -2.35. The summed E-state index contributed by atoms with van der Waals surface area (Å²) in [5.41, 5.74) is 2.90. The van der Waals surface area contributed by atoms with E-state index in [1.165, 1.54) is 4.90 Å². The first-order valence-corrected chi connectivity index (χ1v) is 17.3. The van der Waals surface area contributed by atoms with Gasteiger partial charge in [-0.2, -0.15) is 0 Å². The molecule has 0 unspecified atom stereocenters. The molecule has 2 amide bonds. The summed E-state index contributed by atoms with van der Waals surface area (Å²) >= 11 is 12.7. The molecule has 1 aliphatic carbocycles. The van der Waals surface area contributed by atoms with Crippen LogP contribution in [0.3, 0.4) is 0 Å². The maximum absolute atomic E-state index is 14.3. The normalized spacial score (nSPS) is 14.6. The number of halogens is 2. The van der Waals surface area contributed by atoms with E-state index in [1.807, 2.05) is 49.4 Å². The number of sulfonamides is 1. The van der Waals surface area contributed by atoms with Crippen LogP contribution in [0.15, 0.2) is 72.8 Å². The second kappa shape index (κ2) is 15.1. The van der Waals surface area contributed by atoms with Gasteiger partial charge in [0.1, 0.15) is 12.6 Å². The Bertz CT molecular complexity index is 1490. The van der Waals surface area contributed by atoms with Crippen LogP contribution in [0.25, 0.3) is 0 Å². The summed E-state index contributed by atoms with van der Waals surface area (Å²) in [6, 6.07) is 20.7. The highest BCUT2D eigenvalue weighted by Gasteiger charge is 2.34. The number of nitrogens with zero attached hydrogens (tertiary/aromatic N) is 2. The molecule has 7 nitrogen and oxygen atoms in total. The Morgan fingerprint density at radius 3 is 2.21 bits per heavy atom. The predicted octanol–water partition coefficient (Wildman–Crippen LogP) is 6.41. The van der Waals surface area contributed by atoms with Gasteiger partial charge in [-0.15, -0.1) is 0 Å². The van der Waals surface area contributed by atoms with Crippen molar-refractivity contribution in [3.63, 3.8) is 0 Å². The van der Waals surface area contributed by atoms with Gasteiger partial charge in [-0.25, -0.2) is 8.42 Å². The van der Waals surface area contributed by atoms with E-state index in [1.54, 1.807) is 30.3 Å². The van der Waals surface area contributed by atoms with Gasteiger partial charge in [0.05, 0.1) is 11.9 Å². The summed E-state index contributed by atoms with van der Waals surface area (Å²) in [4.78, 5) is 29.8. The number of hydrogen-bond acceptors (Lipinski definition) is 4. The molecule has 0 bridgehead atoms. The number of rotatable bonds is 12. The zero-order valence-electron chi connectivity index (χ0n) is 24.6. The minimum atomic E-state index is -3.84. The van der Waals surface area contributed by atoms with E-state index in [-0.39, 0.29) is 24.9 Å². The number of carbonyl (C=O) groups is 2. The van der Waals surface area contributed by atoms with Crippen LogP contribution in [0.1, 0.15) is 55.7 Å². The maximum Gasteiger partial charge on any atom is 0.244 e. The van der Waals surface area contributed by atoms with Crippen LogP contribution in [0.5, 0.6) is 0 Å². The molecule has 1 fully saturated rings. The summed E-state index contributed by atoms with van der Waals surface area (Å²) in [5.74, 6) is -0.789. The van der Waals surface area contributed by atoms with Crippen molar-refractivity contribution in [1.82, 2.24) is 10.2 Å². The second-order valence-electron chi connectivity index (χ2n) is 11.1. The van der Waals surface area contributed by atoms with Crippen molar-refractivity contribution in [3.05, 3.63) is 99.5 Å². The van der Waals surface area contributed by atoms with E-state index in [9.17, 15) is 18.0 Å². The SMILES string of the molecule is CCc1ccc(N(CC(=O)N(Cc2ccc(Cl)cc2Cl)[C@@H](Cc2ccccc2)C(=O)NC2CCCCC2)S(C)(=O)=O)cc1. The zero-order chi connectivity index (χ0) is 31.0. The number of aryl methyl sites for hydroxylation is 1. The average Bonchev–Trinajstić information content (AvgIpc) is 2.99. The molecule has 3 aromatic rings. The molecule has 0 aliphatic heterocycles. The summed E-state index contributed by atoms with van der Waals surface area (Å²) in [6.45, 7) is 1.53. The van der Waals surface area contributed by atoms with E-state index < -0.39 is 28.5 Å². The van der Waals surface area contributed by atoms with Crippen molar-refractivity contribution < 1.29 is 18.0 Å². The monoisotopic (exact) mass is 643 g/mol. The van der Waals surface area contributed by atoms with Crippen LogP contribution in [0.4, 0.5) is 5.69 Å². The molecule has 0 aromatic heterocycles. The van der Waals surface area contributed by atoms with Crippen molar-refractivity contribution in [2.75, 3.05) is 17.1 Å². The van der Waals surface area contributed by atoms with Crippen molar-refractivity contribution in [3.8, 4) is 0 Å². The quantitative estimate of drug-likeness (QED) is 0.247. The van der Waals surface area contributed by atoms with Gasteiger partial charge in [-0.05, 0) is 60.2 Å². The van der Waals surface area contributed by atoms with Crippen molar-refractivity contribution in [2.24, 2.45) is 0 Å². The van der Waals surface area contributed by atoms with Crippen molar-refractivity contribution >= 4 is 50.7 Å². The van der Waals surface area contributed by atoms with Gasteiger partial charge in [0.25, 0.3) is 0 Å². The molecule has 0 spiro atoms. The lowest BCUT2D eigenvalue weighted by Crippen LogP contribution is -2.55. The Labute approximate surface area is 265 Å². The van der Waals surface area contributed by atoms with Gasteiger partial charge in [-0.3, -0.25) is 13.9 Å². The molecule has 1 atom stereocenters. The van der Waals surface area contributed by atoms with Crippen molar-refractivity contribution in [1.29, 1.82) is 0 Å². The molecule has 4 rings (SSSR count). The molecule has 10 heteroatoms. The standard InChI is InChI=1S/C33H39Cl2N3O4S/c1-3-24-14-18-29(19-15-24)38(43(2,41)42)23-32(39)37(22-26-16-17-27(34)21-30(26)35)31(20-25-10-6-4-7-11-25)33(40)36-28-12-8-5-9-13-28/h4,6-7,10-11,14-19,21,28,31H,3,5,8-9,12-13,20,22-23H2,1-2H3,(H,36,40)/t31-/m0/s1. The van der Waals surface area contributed by atoms with E-state index in [0.717, 1.165) is 60.2 Å². The van der Waals surface area contributed by atoms with Gasteiger partial charge in [0.15, 0.2) is 0 Å². The molecule has 0 heterocycles. The predicted molar refractivity (Wildman–Crippen MR) is 174 cm³/mol. The Hall–Kier alpha value is -3.07. The fourth-order valence-corrected chi connectivity index (χ4v) is 6.76. The number of nitrogens with one attached hydrogen (secondary N) is 1. The first-order valence-electron chi connectivity index (χ1n) is 14.7. The lowest BCUT2D eigenvalue weighted by molar-refractivity contribution is -0.140. The number of carbonyl (C=O) groups excluding carboxylic acids is 2. The van der Waals surface area contributed by atoms with Crippen LogP contribution in [0.2, 0.25) is 10.0 Å². The summed E-state index contributed by atoms with van der Waals surface area (Å²) < 4.78 is 27.1. The fourth-order valence-electron chi connectivity index (χ4n) is 5.44. The number of hydrogen-bond donors (Lipinski definition) is 1. The van der Waals surface area contributed by atoms with Crippen LogP contribution < -0.4 is 9.62 Å². The molecular formula is C33H39Cl2N3O4S. The summed E-state index contributed by atoms with van der Waals surface area (Å²) in [5, 5.41) is 3.99. The van der Waals surface area contributed by atoms with Crippen LogP contribution in [-0.2, 0) is 39.0 Å². The van der Waals surface area contributed by atoms with Crippen LogP contribution in [-0.4, -0.2) is 50.0 Å².